The topological polar surface area (TPSA) is 95.3 Å². The van der Waals surface area contributed by atoms with Gasteiger partial charge in [0.05, 0.1) is 6.26 Å². The summed E-state index contributed by atoms with van der Waals surface area (Å²) in [4.78, 5) is 0. The fourth-order valence-corrected chi connectivity index (χ4v) is 3.48. The third-order valence-electron chi connectivity index (χ3n) is 4.52. The Morgan fingerprint density at radius 1 is 1.43 bits per heavy atom. The molecule has 1 aliphatic carbocycles. The maximum Gasteiger partial charge on any atom is 0.294 e. The Morgan fingerprint density at radius 3 is 2.81 bits per heavy atom. The van der Waals surface area contributed by atoms with Crippen molar-refractivity contribution < 1.29 is 19.6 Å². The Labute approximate surface area is 122 Å². The summed E-state index contributed by atoms with van der Waals surface area (Å²) in [7, 11) is 0. The maximum absolute atomic E-state index is 13.0. The number of furan rings is 1. The highest BCUT2D eigenvalue weighted by molar-refractivity contribution is 6.05. The molecule has 0 radical (unpaired) electrons. The molecule has 1 unspecified atom stereocenters. The molecular formula is C14H19N3O4. The molecule has 7 nitrogen and oxygen atoms in total. The minimum absolute atomic E-state index is 0.292. The lowest BCUT2D eigenvalue weighted by Crippen LogP contribution is -2.60. The van der Waals surface area contributed by atoms with E-state index < -0.39 is 11.2 Å². The van der Waals surface area contributed by atoms with Gasteiger partial charge in [0.1, 0.15) is 11.3 Å². The van der Waals surface area contributed by atoms with Gasteiger partial charge in [-0.15, -0.1) is 5.06 Å². The molecule has 2 heterocycles. The first kappa shape index (κ1) is 14.1. The molecule has 2 aliphatic rings. The molecule has 2 N–H and O–H groups in total. The van der Waals surface area contributed by atoms with Crippen LogP contribution in [0.15, 0.2) is 28.0 Å². The first-order valence-corrected chi connectivity index (χ1v) is 7.05. The van der Waals surface area contributed by atoms with Crippen molar-refractivity contribution in [2.24, 2.45) is 5.16 Å². The fourth-order valence-electron chi connectivity index (χ4n) is 3.48. The number of rotatable bonds is 1. The van der Waals surface area contributed by atoms with Crippen molar-refractivity contribution in [3.05, 3.63) is 29.4 Å². The molecule has 3 rings (SSSR count). The van der Waals surface area contributed by atoms with Gasteiger partial charge in [0.15, 0.2) is 5.76 Å². The second kappa shape index (κ2) is 4.57. The summed E-state index contributed by atoms with van der Waals surface area (Å²) in [6, 6.07) is 3.38. The van der Waals surface area contributed by atoms with Crippen molar-refractivity contribution in [2.45, 2.75) is 50.7 Å². The lowest BCUT2D eigenvalue weighted by atomic mass is 9.86. The van der Waals surface area contributed by atoms with Gasteiger partial charge >= 0.3 is 0 Å². The Hall–Kier alpha value is -1.86. The zero-order valence-corrected chi connectivity index (χ0v) is 12.1. The van der Waals surface area contributed by atoms with Crippen molar-refractivity contribution in [2.75, 3.05) is 0 Å². The second-order valence-electron chi connectivity index (χ2n) is 6.06. The largest absolute Gasteiger partial charge is 0.622 e. The summed E-state index contributed by atoms with van der Waals surface area (Å²) >= 11 is 0. The number of hydrogen-bond donors (Lipinski definition) is 2. The molecule has 1 aromatic rings. The number of oxime groups is 1. The highest BCUT2D eigenvalue weighted by Gasteiger charge is 2.66. The molecule has 1 atom stereocenters. The van der Waals surface area contributed by atoms with Gasteiger partial charge in [0.25, 0.3) is 11.4 Å². The van der Waals surface area contributed by atoms with E-state index in [9.17, 15) is 15.6 Å². The van der Waals surface area contributed by atoms with E-state index in [-0.39, 0.29) is 0 Å². The van der Waals surface area contributed by atoms with Crippen molar-refractivity contribution in [1.29, 1.82) is 0 Å². The summed E-state index contributed by atoms with van der Waals surface area (Å²) in [5, 5.41) is 37.3. The summed E-state index contributed by atoms with van der Waals surface area (Å²) in [5.74, 6) is 0.411. The standard InChI is InChI=1S/C14H19N3O4/c1-13(2)12(10-6-5-9-21-10)16(19)14(17(13)20)8-4-3-7-11(14)15-18/h5-6,9,18,20H,3-4,7-8H2,1-2H3/b15-11+. The lowest BCUT2D eigenvalue weighted by molar-refractivity contribution is -0.569. The van der Waals surface area contributed by atoms with Crippen LogP contribution in [0.2, 0.25) is 0 Å². The van der Waals surface area contributed by atoms with E-state index in [4.69, 9.17) is 4.42 Å². The highest BCUT2D eigenvalue weighted by atomic mass is 16.6. The molecule has 1 spiro atoms. The minimum Gasteiger partial charge on any atom is -0.622 e. The first-order valence-electron chi connectivity index (χ1n) is 7.05. The van der Waals surface area contributed by atoms with Gasteiger partial charge in [-0.1, -0.05) is 5.16 Å². The van der Waals surface area contributed by atoms with Crippen molar-refractivity contribution in [3.63, 3.8) is 0 Å². The van der Waals surface area contributed by atoms with Crippen LogP contribution in [0.1, 0.15) is 45.3 Å². The van der Waals surface area contributed by atoms with E-state index in [2.05, 4.69) is 5.16 Å². The summed E-state index contributed by atoms with van der Waals surface area (Å²) in [6.45, 7) is 3.49. The summed E-state index contributed by atoms with van der Waals surface area (Å²) in [5.41, 5.74) is -1.68. The van der Waals surface area contributed by atoms with Gasteiger partial charge < -0.3 is 20.0 Å². The molecule has 1 aromatic heterocycles. The van der Waals surface area contributed by atoms with E-state index in [1.54, 1.807) is 26.0 Å². The van der Waals surface area contributed by atoms with Crippen molar-refractivity contribution in [1.82, 2.24) is 5.06 Å². The first-order chi connectivity index (χ1) is 9.96. The number of hydroxylamine groups is 3. The SMILES string of the molecule is CC1(C)C(c2ccco2)=[N+]([O-])C2(CCCC/C2=N\O)N1O. The van der Waals surface area contributed by atoms with E-state index >= 15 is 0 Å². The van der Waals surface area contributed by atoms with Crippen LogP contribution in [0.25, 0.3) is 0 Å². The van der Waals surface area contributed by atoms with Gasteiger partial charge in [0, 0.05) is 6.42 Å². The Kier molecular flexibility index (Phi) is 3.07. The predicted octanol–water partition coefficient (Wildman–Crippen LogP) is 2.16. The zero-order chi connectivity index (χ0) is 15.3. The Morgan fingerprint density at radius 2 is 2.19 bits per heavy atom. The average Bonchev–Trinajstić information content (AvgIpc) is 3.03. The van der Waals surface area contributed by atoms with Crippen molar-refractivity contribution in [3.8, 4) is 0 Å². The molecular weight excluding hydrogens is 274 g/mol. The maximum atomic E-state index is 13.0. The highest BCUT2D eigenvalue weighted by Crippen LogP contribution is 2.42. The lowest BCUT2D eigenvalue weighted by Gasteiger charge is -2.38. The van der Waals surface area contributed by atoms with Gasteiger partial charge in [0.2, 0.25) is 0 Å². The zero-order valence-electron chi connectivity index (χ0n) is 12.1. The smallest absolute Gasteiger partial charge is 0.294 e. The van der Waals surface area contributed by atoms with Crippen LogP contribution < -0.4 is 0 Å². The van der Waals surface area contributed by atoms with Gasteiger partial charge in [-0.2, -0.15) is 4.74 Å². The van der Waals surface area contributed by atoms with Crippen LogP contribution in [0, 0.1) is 5.21 Å². The van der Waals surface area contributed by atoms with E-state index in [0.717, 1.165) is 22.6 Å². The van der Waals surface area contributed by atoms with E-state index in [1.165, 1.54) is 6.26 Å². The minimum atomic E-state index is -1.35. The third-order valence-corrected chi connectivity index (χ3v) is 4.52. The number of hydrogen-bond acceptors (Lipinski definition) is 6. The van der Waals surface area contributed by atoms with Crippen molar-refractivity contribution >= 4 is 11.4 Å². The molecule has 114 valence electrons. The second-order valence-corrected chi connectivity index (χ2v) is 6.06. The van der Waals surface area contributed by atoms with Crippen LogP contribution in [0.3, 0.4) is 0 Å². The predicted molar refractivity (Wildman–Crippen MR) is 74.6 cm³/mol. The average molecular weight is 293 g/mol. The van der Waals surface area contributed by atoms with Crippen LogP contribution in [-0.4, -0.2) is 42.8 Å². The van der Waals surface area contributed by atoms with Crippen LogP contribution in [0.4, 0.5) is 0 Å². The van der Waals surface area contributed by atoms with Crippen LogP contribution in [-0.2, 0) is 0 Å². The molecule has 1 aliphatic heterocycles. The quantitative estimate of drug-likeness (QED) is 0.358. The van der Waals surface area contributed by atoms with E-state index in [0.29, 0.717) is 30.0 Å². The Balaban J connectivity index is 2.23. The van der Waals surface area contributed by atoms with Gasteiger partial charge in [-0.3, -0.25) is 0 Å². The molecule has 1 saturated carbocycles. The molecule has 1 fully saturated rings. The van der Waals surface area contributed by atoms with Gasteiger partial charge in [-0.25, -0.2) is 0 Å². The molecule has 0 amide bonds. The summed E-state index contributed by atoms with van der Waals surface area (Å²) < 4.78 is 6.11. The molecule has 21 heavy (non-hydrogen) atoms. The van der Waals surface area contributed by atoms with Crippen LogP contribution in [0.5, 0.6) is 0 Å². The monoisotopic (exact) mass is 293 g/mol. The molecule has 7 heteroatoms. The molecule has 0 bridgehead atoms. The molecule has 0 aromatic carbocycles. The third kappa shape index (κ3) is 1.67. The Bertz CT molecular complexity index is 606. The van der Waals surface area contributed by atoms with E-state index in [1.807, 2.05) is 0 Å². The van der Waals surface area contributed by atoms with Gasteiger partial charge in [-0.05, 0) is 45.2 Å². The fraction of sp³-hybridized carbons (Fsp3) is 0.571. The summed E-state index contributed by atoms with van der Waals surface area (Å²) in [6.07, 6.45) is 3.98. The van der Waals surface area contributed by atoms with Crippen LogP contribution >= 0.6 is 0 Å². The molecule has 0 saturated heterocycles. The number of nitrogens with zero attached hydrogens (tertiary/aromatic N) is 3. The normalized spacial score (nSPS) is 31.5.